The predicted octanol–water partition coefficient (Wildman–Crippen LogP) is 1.36. The topological polar surface area (TPSA) is 38.8 Å². The highest BCUT2D eigenvalue weighted by molar-refractivity contribution is 5.77. The summed E-state index contributed by atoms with van der Waals surface area (Å²) in [6, 6.07) is 0. The number of rotatable bonds is 3. The van der Waals surface area contributed by atoms with E-state index < -0.39 is 0 Å². The van der Waals surface area contributed by atoms with Gasteiger partial charge in [0.05, 0.1) is 6.61 Å². The van der Waals surface area contributed by atoms with Gasteiger partial charge in [-0.25, -0.2) is 4.79 Å². The molecule has 0 aromatic rings. The molecule has 1 aliphatic heterocycles. The molecule has 2 fully saturated rings. The van der Waals surface area contributed by atoms with E-state index in [1.54, 1.807) is 0 Å². The molecule has 0 bridgehead atoms. The first-order valence-electron chi connectivity index (χ1n) is 5.04. The van der Waals surface area contributed by atoms with Gasteiger partial charge in [0.1, 0.15) is 6.10 Å². The van der Waals surface area contributed by atoms with Crippen LogP contribution in [0.25, 0.3) is 0 Å². The standard InChI is InChI=1S/C10H16O3/c1-3-7-4-8(6(7)2)13-10(11)9-5-12-9/h6-9H,3-5H2,1-2H3. The maximum atomic E-state index is 11.2. The first kappa shape index (κ1) is 9.00. The minimum absolute atomic E-state index is 0.154. The van der Waals surface area contributed by atoms with Crippen LogP contribution in [0.5, 0.6) is 0 Å². The molecule has 0 aromatic carbocycles. The zero-order chi connectivity index (χ0) is 9.42. The highest BCUT2D eigenvalue weighted by atomic mass is 16.6. The quantitative estimate of drug-likeness (QED) is 0.491. The van der Waals surface area contributed by atoms with Crippen molar-refractivity contribution in [1.29, 1.82) is 0 Å². The van der Waals surface area contributed by atoms with E-state index in [1.807, 2.05) is 0 Å². The van der Waals surface area contributed by atoms with Gasteiger partial charge in [-0.2, -0.15) is 0 Å². The van der Waals surface area contributed by atoms with E-state index in [0.29, 0.717) is 12.5 Å². The van der Waals surface area contributed by atoms with Gasteiger partial charge in [0.15, 0.2) is 6.10 Å². The lowest BCUT2D eigenvalue weighted by Gasteiger charge is -2.41. The molecule has 0 radical (unpaired) electrons. The molecule has 2 rings (SSSR count). The van der Waals surface area contributed by atoms with Crippen molar-refractivity contribution in [3.63, 3.8) is 0 Å². The van der Waals surface area contributed by atoms with Gasteiger partial charge in [-0.05, 0) is 18.3 Å². The molecule has 3 nitrogen and oxygen atoms in total. The lowest BCUT2D eigenvalue weighted by atomic mass is 9.71. The number of hydrogen-bond acceptors (Lipinski definition) is 3. The highest BCUT2D eigenvalue weighted by Gasteiger charge is 2.42. The van der Waals surface area contributed by atoms with Crippen LogP contribution in [-0.2, 0) is 14.3 Å². The average Bonchev–Trinajstić information content (AvgIpc) is 2.93. The lowest BCUT2D eigenvalue weighted by molar-refractivity contribution is -0.163. The van der Waals surface area contributed by atoms with E-state index in [0.717, 1.165) is 12.3 Å². The van der Waals surface area contributed by atoms with Gasteiger partial charge in [-0.15, -0.1) is 0 Å². The zero-order valence-electron chi connectivity index (χ0n) is 8.16. The Morgan fingerprint density at radius 2 is 2.31 bits per heavy atom. The Balaban J connectivity index is 1.74. The molecule has 1 saturated heterocycles. The Kier molecular flexibility index (Phi) is 2.28. The molecule has 0 spiro atoms. The molecule has 0 N–H and O–H groups in total. The van der Waals surface area contributed by atoms with E-state index in [4.69, 9.17) is 9.47 Å². The number of esters is 1. The fraction of sp³-hybridized carbons (Fsp3) is 0.900. The van der Waals surface area contributed by atoms with Crippen LogP contribution in [0.2, 0.25) is 0 Å². The SMILES string of the molecule is CCC1CC(OC(=O)C2CO2)C1C. The molecular formula is C10H16O3. The number of hydrogen-bond donors (Lipinski definition) is 0. The maximum absolute atomic E-state index is 11.2. The van der Waals surface area contributed by atoms with Crippen molar-refractivity contribution < 1.29 is 14.3 Å². The van der Waals surface area contributed by atoms with Crippen molar-refractivity contribution >= 4 is 5.97 Å². The van der Waals surface area contributed by atoms with E-state index in [1.165, 1.54) is 6.42 Å². The van der Waals surface area contributed by atoms with E-state index >= 15 is 0 Å². The summed E-state index contributed by atoms with van der Waals surface area (Å²) in [5.41, 5.74) is 0. The third-order valence-corrected chi connectivity index (χ3v) is 3.25. The molecule has 0 aromatic heterocycles. The molecule has 3 heteroatoms. The van der Waals surface area contributed by atoms with Crippen LogP contribution in [0, 0.1) is 11.8 Å². The Bertz CT molecular complexity index is 210. The molecule has 74 valence electrons. The molecule has 2 aliphatic rings. The van der Waals surface area contributed by atoms with Gasteiger partial charge in [-0.3, -0.25) is 0 Å². The van der Waals surface area contributed by atoms with Gasteiger partial charge in [-0.1, -0.05) is 20.3 Å². The second kappa shape index (κ2) is 3.29. The summed E-state index contributed by atoms with van der Waals surface area (Å²) in [4.78, 5) is 11.2. The summed E-state index contributed by atoms with van der Waals surface area (Å²) in [6.07, 6.45) is 2.14. The lowest BCUT2D eigenvalue weighted by Crippen LogP contribution is -2.42. The van der Waals surface area contributed by atoms with Crippen molar-refractivity contribution in [2.24, 2.45) is 11.8 Å². The van der Waals surface area contributed by atoms with Crippen LogP contribution >= 0.6 is 0 Å². The van der Waals surface area contributed by atoms with E-state index in [-0.39, 0.29) is 18.2 Å². The molecule has 1 saturated carbocycles. The number of epoxide rings is 1. The summed E-state index contributed by atoms with van der Waals surface area (Å²) < 4.78 is 10.1. The average molecular weight is 184 g/mol. The smallest absolute Gasteiger partial charge is 0.337 e. The Labute approximate surface area is 78.4 Å². The molecule has 4 unspecified atom stereocenters. The van der Waals surface area contributed by atoms with E-state index in [2.05, 4.69) is 13.8 Å². The third-order valence-electron chi connectivity index (χ3n) is 3.25. The molecule has 13 heavy (non-hydrogen) atoms. The minimum Gasteiger partial charge on any atom is -0.460 e. The molecule has 1 aliphatic carbocycles. The van der Waals surface area contributed by atoms with Crippen LogP contribution in [0.1, 0.15) is 26.7 Å². The van der Waals surface area contributed by atoms with Crippen molar-refractivity contribution in [2.75, 3.05) is 6.61 Å². The van der Waals surface area contributed by atoms with Gasteiger partial charge < -0.3 is 9.47 Å². The van der Waals surface area contributed by atoms with Gasteiger partial charge >= 0.3 is 5.97 Å². The Morgan fingerprint density at radius 3 is 2.77 bits per heavy atom. The van der Waals surface area contributed by atoms with Crippen LogP contribution < -0.4 is 0 Å². The van der Waals surface area contributed by atoms with Crippen molar-refractivity contribution in [2.45, 2.75) is 38.9 Å². The predicted molar refractivity (Wildman–Crippen MR) is 47.2 cm³/mol. The van der Waals surface area contributed by atoms with Gasteiger partial charge in [0.25, 0.3) is 0 Å². The summed E-state index contributed by atoms with van der Waals surface area (Å²) in [7, 11) is 0. The molecular weight excluding hydrogens is 168 g/mol. The van der Waals surface area contributed by atoms with Crippen LogP contribution in [0.15, 0.2) is 0 Å². The zero-order valence-corrected chi connectivity index (χ0v) is 8.16. The first-order valence-corrected chi connectivity index (χ1v) is 5.04. The van der Waals surface area contributed by atoms with Crippen LogP contribution in [0.4, 0.5) is 0 Å². The van der Waals surface area contributed by atoms with Gasteiger partial charge in [0.2, 0.25) is 0 Å². The monoisotopic (exact) mass is 184 g/mol. The summed E-state index contributed by atoms with van der Waals surface area (Å²) >= 11 is 0. The summed E-state index contributed by atoms with van der Waals surface area (Å²) in [6.45, 7) is 4.89. The fourth-order valence-electron chi connectivity index (χ4n) is 1.94. The van der Waals surface area contributed by atoms with Crippen molar-refractivity contribution in [3.8, 4) is 0 Å². The molecule has 1 heterocycles. The first-order chi connectivity index (χ1) is 6.22. The van der Waals surface area contributed by atoms with Crippen LogP contribution in [0.3, 0.4) is 0 Å². The summed E-state index contributed by atoms with van der Waals surface area (Å²) in [5, 5.41) is 0. The van der Waals surface area contributed by atoms with Crippen molar-refractivity contribution in [3.05, 3.63) is 0 Å². The van der Waals surface area contributed by atoms with E-state index in [9.17, 15) is 4.79 Å². The van der Waals surface area contributed by atoms with Gasteiger partial charge in [0, 0.05) is 0 Å². The highest BCUT2D eigenvalue weighted by Crippen LogP contribution is 2.39. The maximum Gasteiger partial charge on any atom is 0.337 e. The largest absolute Gasteiger partial charge is 0.460 e. The normalized spacial score (nSPS) is 42.3. The molecule has 4 atom stereocenters. The minimum atomic E-state index is -0.243. The molecule has 0 amide bonds. The Morgan fingerprint density at radius 1 is 1.62 bits per heavy atom. The fourth-order valence-corrected chi connectivity index (χ4v) is 1.94. The van der Waals surface area contributed by atoms with Crippen molar-refractivity contribution in [1.82, 2.24) is 0 Å². The number of carbonyl (C=O) groups excluding carboxylic acids is 1. The Hall–Kier alpha value is -0.570. The number of ether oxygens (including phenoxy) is 2. The summed E-state index contributed by atoms with van der Waals surface area (Å²) in [5.74, 6) is 1.12. The second-order valence-electron chi connectivity index (χ2n) is 4.06. The second-order valence-corrected chi connectivity index (χ2v) is 4.06. The number of carbonyl (C=O) groups is 1. The van der Waals surface area contributed by atoms with Crippen LogP contribution in [-0.4, -0.2) is 24.8 Å². The third kappa shape index (κ3) is 1.70.